The second kappa shape index (κ2) is 6.29. The summed E-state index contributed by atoms with van der Waals surface area (Å²) in [5.74, 6) is -0.0338. The summed E-state index contributed by atoms with van der Waals surface area (Å²) in [6.07, 6.45) is 3.76. The minimum absolute atomic E-state index is 0.0213. The number of anilines is 2. The Balaban J connectivity index is 1.79. The summed E-state index contributed by atoms with van der Waals surface area (Å²) in [6.45, 7) is 0.234. The Hall–Kier alpha value is -2.59. The molecular formula is C16H19N5O4S. The molecule has 1 amide bonds. The standard InChI is InChI=1S/C16H19N5O4S/c17-10-8-18-20-15(10)11-4-1-2-7-21(11)26(23,24)13-6-3-5-12-16(13)19-14(22)9-25-12/h3,5-6,8,11H,1-2,4,7,9,17H2,(H,18,20)(H,19,22). The van der Waals surface area contributed by atoms with Crippen LogP contribution in [0.4, 0.5) is 11.4 Å². The van der Waals surface area contributed by atoms with Crippen molar-refractivity contribution in [1.29, 1.82) is 0 Å². The van der Waals surface area contributed by atoms with Crippen LogP contribution in [0.5, 0.6) is 5.75 Å². The minimum Gasteiger partial charge on any atom is -0.482 e. The van der Waals surface area contributed by atoms with Crippen molar-refractivity contribution in [2.24, 2.45) is 0 Å². The molecule has 0 bridgehead atoms. The van der Waals surface area contributed by atoms with Crippen LogP contribution in [0.3, 0.4) is 0 Å². The van der Waals surface area contributed by atoms with Gasteiger partial charge in [0, 0.05) is 6.54 Å². The number of rotatable bonds is 3. The van der Waals surface area contributed by atoms with Gasteiger partial charge in [-0.25, -0.2) is 8.42 Å². The lowest BCUT2D eigenvalue weighted by molar-refractivity contribution is -0.118. The van der Waals surface area contributed by atoms with Crippen LogP contribution in [0, 0.1) is 0 Å². The number of H-pyrrole nitrogens is 1. The normalized spacial score (nSPS) is 20.9. The number of piperidine rings is 1. The number of carbonyl (C=O) groups excluding carboxylic acids is 1. The monoisotopic (exact) mass is 377 g/mol. The molecule has 0 radical (unpaired) electrons. The van der Waals surface area contributed by atoms with Crippen LogP contribution >= 0.6 is 0 Å². The van der Waals surface area contributed by atoms with Gasteiger partial charge in [0.2, 0.25) is 10.0 Å². The van der Waals surface area contributed by atoms with Crippen LogP contribution < -0.4 is 15.8 Å². The number of hydrogen-bond acceptors (Lipinski definition) is 6. The summed E-state index contributed by atoms with van der Waals surface area (Å²) in [5.41, 5.74) is 7.17. The number of fused-ring (bicyclic) bond motifs is 1. The number of sulfonamides is 1. The maximum atomic E-state index is 13.4. The summed E-state index contributed by atoms with van der Waals surface area (Å²) >= 11 is 0. The number of nitrogens with zero attached hydrogens (tertiary/aromatic N) is 2. The Morgan fingerprint density at radius 3 is 2.92 bits per heavy atom. The summed E-state index contributed by atoms with van der Waals surface area (Å²) in [5, 5.41) is 9.36. The van der Waals surface area contributed by atoms with E-state index in [2.05, 4.69) is 15.5 Å². The highest BCUT2D eigenvalue weighted by Crippen LogP contribution is 2.41. The van der Waals surface area contributed by atoms with E-state index < -0.39 is 16.1 Å². The maximum absolute atomic E-state index is 13.4. The van der Waals surface area contributed by atoms with E-state index in [9.17, 15) is 13.2 Å². The van der Waals surface area contributed by atoms with Gasteiger partial charge in [0.05, 0.1) is 23.6 Å². The molecule has 3 heterocycles. The fourth-order valence-electron chi connectivity index (χ4n) is 3.47. The second-order valence-corrected chi connectivity index (χ2v) is 8.19. The number of aromatic amines is 1. The zero-order chi connectivity index (χ0) is 18.3. The van der Waals surface area contributed by atoms with Crippen LogP contribution in [0.15, 0.2) is 29.3 Å². The SMILES string of the molecule is Nc1cn[nH]c1C1CCCCN1S(=O)(=O)c1cccc2c1NC(=O)CO2. The quantitative estimate of drug-likeness (QED) is 0.738. The molecule has 1 unspecified atom stereocenters. The lowest BCUT2D eigenvalue weighted by Crippen LogP contribution is -2.39. The van der Waals surface area contributed by atoms with Crippen LogP contribution in [0.2, 0.25) is 0 Å². The number of nitrogens with two attached hydrogens (primary N) is 1. The smallest absolute Gasteiger partial charge is 0.262 e. The third-order valence-corrected chi connectivity index (χ3v) is 6.63. The molecule has 2 aliphatic rings. The number of amides is 1. The molecule has 26 heavy (non-hydrogen) atoms. The first-order valence-corrected chi connectivity index (χ1v) is 9.79. The van der Waals surface area contributed by atoms with E-state index in [4.69, 9.17) is 10.5 Å². The third kappa shape index (κ3) is 2.71. The summed E-state index contributed by atoms with van der Waals surface area (Å²) in [6, 6.07) is 4.29. The highest BCUT2D eigenvalue weighted by Gasteiger charge is 2.38. The molecule has 9 nitrogen and oxygen atoms in total. The molecule has 0 spiro atoms. The number of ether oxygens (including phenoxy) is 1. The van der Waals surface area contributed by atoms with Gasteiger partial charge in [0.25, 0.3) is 5.91 Å². The van der Waals surface area contributed by atoms with Gasteiger partial charge >= 0.3 is 0 Å². The molecule has 4 rings (SSSR count). The molecule has 1 atom stereocenters. The molecule has 138 valence electrons. The fourth-order valence-corrected chi connectivity index (χ4v) is 5.30. The van der Waals surface area contributed by atoms with Crippen molar-refractivity contribution < 1.29 is 17.9 Å². The van der Waals surface area contributed by atoms with E-state index in [1.807, 2.05) is 0 Å². The Morgan fingerprint density at radius 2 is 2.15 bits per heavy atom. The van der Waals surface area contributed by atoms with E-state index in [0.717, 1.165) is 12.8 Å². The minimum atomic E-state index is -3.88. The second-order valence-electron chi connectivity index (χ2n) is 6.33. The van der Waals surface area contributed by atoms with Crippen molar-refractivity contribution in [3.05, 3.63) is 30.1 Å². The van der Waals surface area contributed by atoms with Gasteiger partial charge in [-0.15, -0.1) is 0 Å². The molecule has 1 aromatic carbocycles. The molecule has 10 heteroatoms. The average molecular weight is 377 g/mol. The highest BCUT2D eigenvalue weighted by atomic mass is 32.2. The fraction of sp³-hybridized carbons (Fsp3) is 0.375. The summed E-state index contributed by atoms with van der Waals surface area (Å²) in [7, 11) is -3.88. The molecule has 0 aliphatic carbocycles. The largest absolute Gasteiger partial charge is 0.482 e. The zero-order valence-corrected chi connectivity index (χ0v) is 14.8. The molecule has 4 N–H and O–H groups in total. The predicted octanol–water partition coefficient (Wildman–Crippen LogP) is 1.24. The van der Waals surface area contributed by atoms with Crippen molar-refractivity contribution in [2.75, 3.05) is 24.2 Å². The lowest BCUT2D eigenvalue weighted by atomic mass is 10.0. The van der Waals surface area contributed by atoms with Gasteiger partial charge in [0.1, 0.15) is 16.3 Å². The molecule has 1 aromatic heterocycles. The highest BCUT2D eigenvalue weighted by molar-refractivity contribution is 7.89. The van der Waals surface area contributed by atoms with Gasteiger partial charge < -0.3 is 15.8 Å². The number of para-hydroxylation sites is 1. The van der Waals surface area contributed by atoms with Crippen molar-refractivity contribution in [1.82, 2.24) is 14.5 Å². The first-order valence-electron chi connectivity index (χ1n) is 8.35. The number of hydrogen-bond donors (Lipinski definition) is 3. The van der Waals surface area contributed by atoms with Crippen molar-refractivity contribution in [2.45, 2.75) is 30.2 Å². The van der Waals surface area contributed by atoms with Crippen LogP contribution in [-0.4, -0.2) is 42.0 Å². The zero-order valence-electron chi connectivity index (χ0n) is 13.9. The predicted molar refractivity (Wildman–Crippen MR) is 94.1 cm³/mol. The van der Waals surface area contributed by atoms with E-state index >= 15 is 0 Å². The van der Waals surface area contributed by atoms with Gasteiger partial charge in [0.15, 0.2) is 6.61 Å². The summed E-state index contributed by atoms with van der Waals surface area (Å²) in [4.78, 5) is 11.7. The van der Waals surface area contributed by atoms with E-state index in [1.165, 1.54) is 16.6 Å². The van der Waals surface area contributed by atoms with Gasteiger partial charge in [-0.05, 0) is 25.0 Å². The van der Waals surface area contributed by atoms with E-state index in [1.54, 1.807) is 12.1 Å². The van der Waals surface area contributed by atoms with Gasteiger partial charge in [-0.1, -0.05) is 12.5 Å². The van der Waals surface area contributed by atoms with Crippen molar-refractivity contribution in [3.8, 4) is 5.75 Å². The average Bonchev–Trinajstić information content (AvgIpc) is 3.07. The lowest BCUT2D eigenvalue weighted by Gasteiger charge is -2.35. The number of carbonyl (C=O) groups is 1. The number of nitrogen functional groups attached to an aromatic ring is 1. The summed E-state index contributed by atoms with van der Waals surface area (Å²) < 4.78 is 33.6. The first-order chi connectivity index (χ1) is 12.5. The van der Waals surface area contributed by atoms with Crippen molar-refractivity contribution >= 4 is 27.3 Å². The topological polar surface area (TPSA) is 130 Å². The van der Waals surface area contributed by atoms with Crippen LogP contribution in [-0.2, 0) is 14.8 Å². The molecule has 2 aromatic rings. The maximum Gasteiger partial charge on any atom is 0.262 e. The molecular weight excluding hydrogens is 358 g/mol. The van der Waals surface area contributed by atoms with Gasteiger partial charge in [-0.2, -0.15) is 9.40 Å². The molecule has 0 saturated carbocycles. The third-order valence-electron chi connectivity index (χ3n) is 4.68. The van der Waals surface area contributed by atoms with Crippen LogP contribution in [0.25, 0.3) is 0 Å². The van der Waals surface area contributed by atoms with Gasteiger partial charge in [-0.3, -0.25) is 9.89 Å². The van der Waals surface area contributed by atoms with Crippen LogP contribution in [0.1, 0.15) is 31.0 Å². The first kappa shape index (κ1) is 16.9. The number of benzene rings is 1. The molecule has 1 fully saturated rings. The van der Waals surface area contributed by atoms with E-state index in [-0.39, 0.29) is 23.1 Å². The Bertz CT molecular complexity index is 955. The molecule has 1 saturated heterocycles. The van der Waals surface area contributed by atoms with Crippen molar-refractivity contribution in [3.63, 3.8) is 0 Å². The Labute approximate surface area is 150 Å². The molecule has 2 aliphatic heterocycles. The Morgan fingerprint density at radius 1 is 1.31 bits per heavy atom. The Kier molecular flexibility index (Phi) is 4.08. The van der Waals surface area contributed by atoms with E-state index in [0.29, 0.717) is 30.1 Å². The number of nitrogens with one attached hydrogen (secondary N) is 2. The number of aromatic nitrogens is 2.